The first kappa shape index (κ1) is 17.5. The Morgan fingerprint density at radius 2 is 1.64 bits per heavy atom. The minimum atomic E-state index is -1.37. The van der Waals surface area contributed by atoms with Crippen molar-refractivity contribution in [1.82, 2.24) is 4.57 Å². The van der Waals surface area contributed by atoms with Crippen LogP contribution in [0.2, 0.25) is 0 Å². The van der Waals surface area contributed by atoms with Crippen LogP contribution in [0.15, 0.2) is 79.0 Å². The zero-order chi connectivity index (χ0) is 19.5. The number of carbonyl (C=O) groups excluding carboxylic acids is 2. The highest BCUT2D eigenvalue weighted by Gasteiger charge is 2.27. The van der Waals surface area contributed by atoms with E-state index < -0.39 is 17.6 Å². The molecule has 0 fully saturated rings. The lowest BCUT2D eigenvalue weighted by atomic mass is 10.0. The number of nitrogens with zero attached hydrogens (tertiary/aromatic N) is 2. The second-order valence-electron chi connectivity index (χ2n) is 6.55. The van der Waals surface area contributed by atoms with Crippen molar-refractivity contribution in [2.45, 2.75) is 6.54 Å². The number of rotatable bonds is 5. The Balaban J connectivity index is 1.55. The van der Waals surface area contributed by atoms with Crippen LogP contribution in [0.3, 0.4) is 0 Å². The van der Waals surface area contributed by atoms with E-state index in [1.807, 2.05) is 72.8 Å². The third-order valence-electron chi connectivity index (χ3n) is 4.77. The highest BCUT2D eigenvalue weighted by molar-refractivity contribution is 6.12. The third kappa shape index (κ3) is 3.24. The average molecular weight is 367 g/mol. The number of Topliss-reactive ketones (excluding diaryl/α,β-unsaturated/α-hetero) is 1. The summed E-state index contributed by atoms with van der Waals surface area (Å²) in [6, 6.07) is 24.6. The second-order valence-corrected chi connectivity index (χ2v) is 6.55. The maximum Gasteiger partial charge on any atom is 0.249 e. The fraction of sp³-hybridized carbons (Fsp3) is 0.0870. The summed E-state index contributed by atoms with van der Waals surface area (Å²) < 4.78 is 1.76. The fourth-order valence-corrected chi connectivity index (χ4v) is 3.35. The number of benzene rings is 3. The van der Waals surface area contributed by atoms with Crippen molar-refractivity contribution >= 4 is 39.1 Å². The first-order chi connectivity index (χ1) is 13.7. The van der Waals surface area contributed by atoms with Crippen molar-refractivity contribution in [3.05, 3.63) is 79.0 Å². The molecule has 1 unspecified atom stereocenters. The summed E-state index contributed by atoms with van der Waals surface area (Å²) in [7, 11) is 0. The Morgan fingerprint density at radius 1 is 0.929 bits per heavy atom. The first-order valence-corrected chi connectivity index (χ1v) is 8.92. The van der Waals surface area contributed by atoms with Gasteiger partial charge in [-0.15, -0.1) is 0 Å². The Hall–Kier alpha value is -3.91. The average Bonchev–Trinajstić information content (AvgIpc) is 3.12. The van der Waals surface area contributed by atoms with E-state index in [4.69, 9.17) is 0 Å². The van der Waals surface area contributed by atoms with Crippen molar-refractivity contribution in [1.29, 1.82) is 5.26 Å². The number of nitrogens with one attached hydrogen (secondary N) is 1. The molecule has 0 bridgehead atoms. The molecule has 5 heteroatoms. The Bertz CT molecular complexity index is 1230. The number of hydrogen-bond acceptors (Lipinski definition) is 3. The Kier molecular flexibility index (Phi) is 4.61. The van der Waals surface area contributed by atoms with Gasteiger partial charge in [0.25, 0.3) is 0 Å². The molecule has 0 aliphatic rings. The summed E-state index contributed by atoms with van der Waals surface area (Å²) in [5.74, 6) is -2.43. The van der Waals surface area contributed by atoms with E-state index in [-0.39, 0.29) is 6.54 Å². The predicted octanol–water partition coefficient (Wildman–Crippen LogP) is 4.14. The molecule has 4 rings (SSSR count). The van der Waals surface area contributed by atoms with Crippen LogP contribution in [0, 0.1) is 17.2 Å². The molecule has 0 saturated heterocycles. The number of aromatic nitrogens is 1. The van der Waals surface area contributed by atoms with Crippen LogP contribution >= 0.6 is 0 Å². The molecule has 1 atom stereocenters. The van der Waals surface area contributed by atoms with Gasteiger partial charge in [0.05, 0.1) is 12.6 Å². The van der Waals surface area contributed by atoms with E-state index in [2.05, 4.69) is 5.32 Å². The Morgan fingerprint density at radius 3 is 2.46 bits per heavy atom. The van der Waals surface area contributed by atoms with Gasteiger partial charge in [0, 0.05) is 22.8 Å². The lowest BCUT2D eigenvalue weighted by Gasteiger charge is -2.12. The van der Waals surface area contributed by atoms with Gasteiger partial charge in [-0.05, 0) is 29.0 Å². The molecule has 0 aliphatic carbocycles. The maximum absolute atomic E-state index is 12.7. The lowest BCUT2D eigenvalue weighted by Crippen LogP contribution is -2.31. The van der Waals surface area contributed by atoms with Crippen LogP contribution in [0.1, 0.15) is 0 Å². The predicted molar refractivity (Wildman–Crippen MR) is 109 cm³/mol. The number of carbonyl (C=O) groups is 2. The van der Waals surface area contributed by atoms with Crippen LogP contribution < -0.4 is 5.32 Å². The largest absolute Gasteiger partial charge is 0.340 e. The lowest BCUT2D eigenvalue weighted by molar-refractivity contribution is -0.129. The zero-order valence-electron chi connectivity index (χ0n) is 15.0. The monoisotopic (exact) mass is 367 g/mol. The van der Waals surface area contributed by atoms with Gasteiger partial charge < -0.3 is 9.88 Å². The van der Waals surface area contributed by atoms with Gasteiger partial charge in [-0.25, -0.2) is 0 Å². The smallest absolute Gasteiger partial charge is 0.249 e. The van der Waals surface area contributed by atoms with E-state index in [1.54, 1.807) is 16.8 Å². The van der Waals surface area contributed by atoms with Gasteiger partial charge in [-0.2, -0.15) is 5.26 Å². The number of nitriles is 1. The van der Waals surface area contributed by atoms with Crippen molar-refractivity contribution in [2.24, 2.45) is 5.92 Å². The van der Waals surface area contributed by atoms with Crippen molar-refractivity contribution in [2.75, 3.05) is 5.32 Å². The number of hydrogen-bond donors (Lipinski definition) is 1. The van der Waals surface area contributed by atoms with E-state index in [0.717, 1.165) is 21.7 Å². The molecule has 3 aromatic carbocycles. The van der Waals surface area contributed by atoms with Gasteiger partial charge in [0.1, 0.15) is 0 Å². The van der Waals surface area contributed by atoms with Gasteiger partial charge in [-0.3, -0.25) is 9.59 Å². The molecule has 1 heterocycles. The molecule has 4 aromatic rings. The molecule has 0 saturated carbocycles. The van der Waals surface area contributed by atoms with Crippen molar-refractivity contribution < 1.29 is 9.59 Å². The number of amides is 1. The van der Waals surface area contributed by atoms with Crippen LogP contribution in [0.4, 0.5) is 5.69 Å². The van der Waals surface area contributed by atoms with E-state index in [1.165, 1.54) is 0 Å². The van der Waals surface area contributed by atoms with Crippen molar-refractivity contribution in [3.63, 3.8) is 0 Å². The van der Waals surface area contributed by atoms with E-state index in [9.17, 15) is 14.9 Å². The minimum Gasteiger partial charge on any atom is -0.340 e. The molecule has 0 radical (unpaired) electrons. The maximum atomic E-state index is 12.7. The van der Waals surface area contributed by atoms with Crippen LogP contribution in [0.25, 0.3) is 21.7 Å². The molecule has 1 aromatic heterocycles. The SMILES string of the molecule is N#CC(C(=O)Cn1ccc2ccccc21)C(=O)Nc1cccc2ccccc12. The van der Waals surface area contributed by atoms with Gasteiger partial charge in [-0.1, -0.05) is 54.6 Å². The van der Waals surface area contributed by atoms with Crippen LogP contribution in [0.5, 0.6) is 0 Å². The van der Waals surface area contributed by atoms with E-state index in [0.29, 0.717) is 5.69 Å². The number of anilines is 1. The zero-order valence-corrected chi connectivity index (χ0v) is 15.0. The Labute approximate surface area is 161 Å². The third-order valence-corrected chi connectivity index (χ3v) is 4.77. The number of fused-ring (bicyclic) bond motifs is 2. The first-order valence-electron chi connectivity index (χ1n) is 8.92. The molecule has 28 heavy (non-hydrogen) atoms. The summed E-state index contributed by atoms with van der Waals surface area (Å²) in [4.78, 5) is 25.3. The van der Waals surface area contributed by atoms with Crippen LogP contribution in [-0.2, 0) is 16.1 Å². The summed E-state index contributed by atoms with van der Waals surface area (Å²) in [5, 5.41) is 15.0. The standard InChI is InChI=1S/C23H17N3O2/c24-14-19(22(27)15-26-13-12-17-7-2-4-11-21(17)26)23(28)25-20-10-5-8-16-6-1-3-9-18(16)20/h1-13,19H,15H2,(H,25,28). The summed E-state index contributed by atoms with van der Waals surface area (Å²) in [6.07, 6.45) is 1.79. The van der Waals surface area contributed by atoms with Gasteiger partial charge >= 0.3 is 0 Å². The van der Waals surface area contributed by atoms with Crippen molar-refractivity contribution in [3.8, 4) is 6.07 Å². The molecule has 136 valence electrons. The molecule has 0 spiro atoms. The van der Waals surface area contributed by atoms with E-state index >= 15 is 0 Å². The highest BCUT2D eigenvalue weighted by atomic mass is 16.2. The summed E-state index contributed by atoms with van der Waals surface area (Å²) in [5.41, 5.74) is 1.48. The highest BCUT2D eigenvalue weighted by Crippen LogP contribution is 2.23. The molecule has 0 aliphatic heterocycles. The van der Waals surface area contributed by atoms with Gasteiger partial charge in [0.15, 0.2) is 11.7 Å². The minimum absolute atomic E-state index is 0.0330. The number of para-hydroxylation sites is 1. The summed E-state index contributed by atoms with van der Waals surface area (Å²) in [6.45, 7) is -0.0330. The molecular weight excluding hydrogens is 350 g/mol. The molecule has 5 nitrogen and oxygen atoms in total. The topological polar surface area (TPSA) is 74.9 Å². The number of ketones is 1. The summed E-state index contributed by atoms with van der Waals surface area (Å²) >= 11 is 0. The molecular formula is C23H17N3O2. The second kappa shape index (κ2) is 7.37. The molecule has 1 N–H and O–H groups in total. The molecule has 1 amide bonds. The normalized spacial score (nSPS) is 11.8. The van der Waals surface area contributed by atoms with Gasteiger partial charge in [0.2, 0.25) is 5.91 Å². The quantitative estimate of drug-likeness (QED) is 0.539. The van der Waals surface area contributed by atoms with Crippen LogP contribution in [-0.4, -0.2) is 16.3 Å². The fourth-order valence-electron chi connectivity index (χ4n) is 3.35.